The predicted molar refractivity (Wildman–Crippen MR) is 119 cm³/mol. The number of anilines is 1. The van der Waals surface area contributed by atoms with Crippen LogP contribution < -0.4 is 16.0 Å². The fourth-order valence-corrected chi connectivity index (χ4v) is 2.96. The monoisotopic (exact) mass is 475 g/mol. The Kier molecular flexibility index (Phi) is 8.41. The standard InChI is InChI=1S/C22H26BrN3O4/c1-22(2,3)30-21(29)24-12-11-19(27)26-16-8-6-7-15(13-16)14-25-20(28)17-9-4-5-10-18(17)23/h4-10,13H,11-12,14H2,1-3H3,(H,24,29)(H,25,28)(H,26,27). The summed E-state index contributed by atoms with van der Waals surface area (Å²) in [5, 5.41) is 8.19. The predicted octanol–water partition coefficient (Wildman–Crippen LogP) is 4.23. The van der Waals surface area contributed by atoms with Crippen LogP contribution in [0.3, 0.4) is 0 Å². The maximum atomic E-state index is 12.3. The molecule has 0 bridgehead atoms. The summed E-state index contributed by atoms with van der Waals surface area (Å²) in [6.45, 7) is 5.81. The summed E-state index contributed by atoms with van der Waals surface area (Å²) in [7, 11) is 0. The van der Waals surface area contributed by atoms with Crippen LogP contribution in [0.1, 0.15) is 43.1 Å². The molecule has 2 rings (SSSR count). The van der Waals surface area contributed by atoms with Gasteiger partial charge in [-0.15, -0.1) is 0 Å². The van der Waals surface area contributed by atoms with Gasteiger partial charge >= 0.3 is 6.09 Å². The van der Waals surface area contributed by atoms with Crippen LogP contribution in [-0.4, -0.2) is 30.1 Å². The first kappa shape index (κ1) is 23.4. The van der Waals surface area contributed by atoms with Crippen molar-refractivity contribution in [3.8, 4) is 0 Å². The van der Waals surface area contributed by atoms with E-state index in [1.807, 2.05) is 18.2 Å². The second kappa shape index (κ2) is 10.8. The van der Waals surface area contributed by atoms with Crippen LogP contribution >= 0.6 is 15.9 Å². The van der Waals surface area contributed by atoms with Crippen LogP contribution in [0.15, 0.2) is 53.0 Å². The van der Waals surface area contributed by atoms with Gasteiger partial charge in [-0.25, -0.2) is 4.79 Å². The van der Waals surface area contributed by atoms with E-state index in [1.165, 1.54) is 0 Å². The number of benzene rings is 2. The van der Waals surface area contributed by atoms with E-state index in [-0.39, 0.29) is 24.8 Å². The van der Waals surface area contributed by atoms with Crippen LogP contribution in [0.4, 0.5) is 10.5 Å². The maximum absolute atomic E-state index is 12.3. The van der Waals surface area contributed by atoms with E-state index in [1.54, 1.807) is 51.1 Å². The zero-order chi connectivity index (χ0) is 22.1. The summed E-state index contributed by atoms with van der Waals surface area (Å²) < 4.78 is 5.85. The van der Waals surface area contributed by atoms with Crippen LogP contribution in [-0.2, 0) is 16.1 Å². The summed E-state index contributed by atoms with van der Waals surface area (Å²) in [6.07, 6.45) is -0.444. The molecule has 0 heterocycles. The first-order chi connectivity index (χ1) is 14.1. The first-order valence-corrected chi connectivity index (χ1v) is 10.3. The summed E-state index contributed by atoms with van der Waals surface area (Å²) in [5.41, 5.74) is 1.43. The Morgan fingerprint density at radius 1 is 1.00 bits per heavy atom. The molecule has 7 nitrogen and oxygen atoms in total. The number of carbonyl (C=O) groups excluding carboxylic acids is 3. The van der Waals surface area contributed by atoms with E-state index < -0.39 is 11.7 Å². The highest BCUT2D eigenvalue weighted by molar-refractivity contribution is 9.10. The largest absolute Gasteiger partial charge is 0.444 e. The Hall–Kier alpha value is -2.87. The Balaban J connectivity index is 1.81. The second-order valence-corrected chi connectivity index (χ2v) is 8.44. The molecular weight excluding hydrogens is 450 g/mol. The molecule has 8 heteroatoms. The number of halogens is 1. The third-order valence-corrected chi connectivity index (χ3v) is 4.49. The molecule has 0 aliphatic carbocycles. The normalized spacial score (nSPS) is 10.8. The zero-order valence-corrected chi connectivity index (χ0v) is 18.8. The molecule has 0 unspecified atom stereocenters. The number of amides is 3. The van der Waals surface area contributed by atoms with Gasteiger partial charge in [-0.3, -0.25) is 9.59 Å². The minimum absolute atomic E-state index is 0.113. The lowest BCUT2D eigenvalue weighted by atomic mass is 10.1. The van der Waals surface area contributed by atoms with Crippen molar-refractivity contribution >= 4 is 39.5 Å². The van der Waals surface area contributed by atoms with Gasteiger partial charge in [-0.1, -0.05) is 24.3 Å². The molecule has 2 aromatic rings. The SMILES string of the molecule is CC(C)(C)OC(=O)NCCC(=O)Nc1cccc(CNC(=O)c2ccccc2Br)c1. The lowest BCUT2D eigenvalue weighted by Crippen LogP contribution is -2.34. The van der Waals surface area contributed by atoms with E-state index in [0.29, 0.717) is 17.8 Å². The van der Waals surface area contributed by atoms with Crippen molar-refractivity contribution in [2.45, 2.75) is 39.3 Å². The number of alkyl carbamates (subject to hydrolysis) is 1. The van der Waals surface area contributed by atoms with Gasteiger partial charge in [0.2, 0.25) is 5.91 Å². The third-order valence-electron chi connectivity index (χ3n) is 3.80. The number of hydrogen-bond donors (Lipinski definition) is 3. The van der Waals surface area contributed by atoms with Crippen LogP contribution in [0.5, 0.6) is 0 Å². The Labute approximate surface area is 184 Å². The summed E-state index contributed by atoms with van der Waals surface area (Å²) in [5.74, 6) is -0.425. The van der Waals surface area contributed by atoms with E-state index in [0.717, 1.165) is 10.0 Å². The van der Waals surface area contributed by atoms with Crippen LogP contribution in [0.25, 0.3) is 0 Å². The molecule has 0 saturated heterocycles. The van der Waals surface area contributed by atoms with Crippen molar-refractivity contribution < 1.29 is 19.1 Å². The highest BCUT2D eigenvalue weighted by atomic mass is 79.9. The molecule has 0 aliphatic rings. The minimum atomic E-state index is -0.585. The molecule has 3 N–H and O–H groups in total. The number of hydrogen-bond acceptors (Lipinski definition) is 4. The van der Waals surface area contributed by atoms with E-state index in [4.69, 9.17) is 4.74 Å². The van der Waals surface area contributed by atoms with Gasteiger partial charge in [0.05, 0.1) is 5.56 Å². The van der Waals surface area contributed by atoms with Crippen molar-refractivity contribution in [1.29, 1.82) is 0 Å². The molecule has 0 aromatic heterocycles. The summed E-state index contributed by atoms with van der Waals surface area (Å²) >= 11 is 3.36. The van der Waals surface area contributed by atoms with Gasteiger partial charge in [0.25, 0.3) is 5.91 Å². The fourth-order valence-electron chi connectivity index (χ4n) is 2.50. The molecule has 0 spiro atoms. The van der Waals surface area contributed by atoms with E-state index >= 15 is 0 Å². The molecule has 0 atom stereocenters. The highest BCUT2D eigenvalue weighted by Gasteiger charge is 2.16. The number of rotatable bonds is 7. The van der Waals surface area contributed by atoms with Gasteiger partial charge in [-0.05, 0) is 66.5 Å². The molecule has 2 aromatic carbocycles. The first-order valence-electron chi connectivity index (χ1n) is 9.52. The summed E-state index contributed by atoms with van der Waals surface area (Å²) in [4.78, 5) is 36.0. The topological polar surface area (TPSA) is 96.5 Å². The van der Waals surface area contributed by atoms with Gasteiger partial charge in [-0.2, -0.15) is 0 Å². The molecule has 30 heavy (non-hydrogen) atoms. The number of nitrogens with one attached hydrogen (secondary N) is 3. The molecule has 0 aliphatic heterocycles. The molecule has 3 amide bonds. The Morgan fingerprint density at radius 2 is 1.73 bits per heavy atom. The molecule has 0 saturated carbocycles. The quantitative estimate of drug-likeness (QED) is 0.557. The van der Waals surface area contributed by atoms with Crippen LogP contribution in [0.2, 0.25) is 0 Å². The van der Waals surface area contributed by atoms with Crippen molar-refractivity contribution in [2.75, 3.05) is 11.9 Å². The molecular formula is C22H26BrN3O4. The fraction of sp³-hybridized carbons (Fsp3) is 0.318. The molecule has 0 radical (unpaired) electrons. The van der Waals surface area contributed by atoms with E-state index in [9.17, 15) is 14.4 Å². The molecule has 160 valence electrons. The van der Waals surface area contributed by atoms with Crippen LogP contribution in [0, 0.1) is 0 Å². The number of ether oxygens (including phenoxy) is 1. The van der Waals surface area contributed by atoms with Gasteiger partial charge in [0.1, 0.15) is 5.60 Å². The Bertz CT molecular complexity index is 909. The minimum Gasteiger partial charge on any atom is -0.444 e. The average Bonchev–Trinajstić information content (AvgIpc) is 2.65. The number of carbonyl (C=O) groups is 3. The smallest absolute Gasteiger partial charge is 0.407 e. The zero-order valence-electron chi connectivity index (χ0n) is 17.3. The molecule has 0 fully saturated rings. The Morgan fingerprint density at radius 3 is 2.43 bits per heavy atom. The van der Waals surface area contributed by atoms with E-state index in [2.05, 4.69) is 31.9 Å². The van der Waals surface area contributed by atoms with Crippen molar-refractivity contribution in [3.63, 3.8) is 0 Å². The van der Waals surface area contributed by atoms with Crippen molar-refractivity contribution in [2.24, 2.45) is 0 Å². The van der Waals surface area contributed by atoms with Crippen molar-refractivity contribution in [3.05, 3.63) is 64.1 Å². The van der Waals surface area contributed by atoms with Gasteiger partial charge < -0.3 is 20.7 Å². The lowest BCUT2D eigenvalue weighted by Gasteiger charge is -2.19. The van der Waals surface area contributed by atoms with Gasteiger partial charge in [0, 0.05) is 29.7 Å². The summed E-state index contributed by atoms with van der Waals surface area (Å²) in [6, 6.07) is 14.4. The lowest BCUT2D eigenvalue weighted by molar-refractivity contribution is -0.116. The second-order valence-electron chi connectivity index (χ2n) is 7.59. The van der Waals surface area contributed by atoms with Crippen molar-refractivity contribution in [1.82, 2.24) is 10.6 Å². The highest BCUT2D eigenvalue weighted by Crippen LogP contribution is 2.16. The third kappa shape index (κ3) is 8.24. The maximum Gasteiger partial charge on any atom is 0.407 e. The van der Waals surface area contributed by atoms with Gasteiger partial charge in [0.15, 0.2) is 0 Å². The average molecular weight is 476 g/mol.